The highest BCUT2D eigenvalue weighted by molar-refractivity contribution is 5.92. The Kier molecular flexibility index (Phi) is 4.97. The minimum Gasteiger partial charge on any atom is -0.339 e. The maximum absolute atomic E-state index is 12.4. The summed E-state index contributed by atoms with van der Waals surface area (Å²) in [6.45, 7) is 6.69. The Bertz CT molecular complexity index is 788. The first-order chi connectivity index (χ1) is 12.1. The van der Waals surface area contributed by atoms with E-state index in [0.717, 1.165) is 16.8 Å². The van der Waals surface area contributed by atoms with Crippen LogP contribution in [0.4, 0.5) is 5.82 Å². The van der Waals surface area contributed by atoms with Crippen molar-refractivity contribution >= 4 is 17.6 Å². The number of piperidine rings is 1. The summed E-state index contributed by atoms with van der Waals surface area (Å²) in [6, 6.07) is 9.85. The second kappa shape index (κ2) is 7.34. The van der Waals surface area contributed by atoms with Gasteiger partial charge in [-0.1, -0.05) is 30.8 Å². The topological polar surface area (TPSA) is 78.1 Å². The third-order valence-corrected chi connectivity index (χ3v) is 4.62. The summed E-state index contributed by atoms with van der Waals surface area (Å²) in [5.41, 5.74) is 3.08. The number of aromatic nitrogens is 2. The highest BCUT2D eigenvalue weighted by atomic mass is 16.2. The van der Waals surface area contributed by atoms with Crippen LogP contribution in [0.15, 0.2) is 43.0 Å². The fraction of sp³-hybridized carbons (Fsp3) is 0.316. The fourth-order valence-electron chi connectivity index (χ4n) is 3.12. The number of carbonyl (C=O) groups excluding carboxylic acids is 2. The van der Waals surface area contributed by atoms with Gasteiger partial charge in [-0.15, -0.1) is 0 Å². The van der Waals surface area contributed by atoms with E-state index in [1.165, 1.54) is 6.08 Å². The molecule has 6 heteroatoms. The molecule has 3 rings (SSSR count). The molecule has 1 aliphatic heterocycles. The predicted molar refractivity (Wildman–Crippen MR) is 96.9 cm³/mol. The van der Waals surface area contributed by atoms with Gasteiger partial charge in [-0.2, -0.15) is 5.10 Å². The zero-order chi connectivity index (χ0) is 17.8. The number of hydrogen-bond donors (Lipinski definition) is 2. The molecule has 2 heterocycles. The molecule has 1 aliphatic rings. The maximum atomic E-state index is 12.4. The molecule has 0 radical (unpaired) electrons. The summed E-state index contributed by atoms with van der Waals surface area (Å²) in [5.74, 6) is 0.294. The first kappa shape index (κ1) is 17.0. The van der Waals surface area contributed by atoms with Crippen LogP contribution < -0.4 is 5.32 Å². The predicted octanol–water partition coefficient (Wildman–Crippen LogP) is 2.75. The average molecular weight is 338 g/mol. The van der Waals surface area contributed by atoms with Crippen molar-refractivity contribution in [2.75, 3.05) is 18.4 Å². The molecule has 2 amide bonds. The molecule has 1 saturated heterocycles. The molecular formula is C19H22N4O2. The summed E-state index contributed by atoms with van der Waals surface area (Å²) >= 11 is 0. The summed E-state index contributed by atoms with van der Waals surface area (Å²) in [7, 11) is 0. The lowest BCUT2D eigenvalue weighted by Gasteiger charge is -2.30. The van der Waals surface area contributed by atoms with Crippen molar-refractivity contribution in [2.45, 2.75) is 19.8 Å². The van der Waals surface area contributed by atoms with Crippen molar-refractivity contribution in [2.24, 2.45) is 5.92 Å². The number of hydrogen-bond acceptors (Lipinski definition) is 3. The van der Waals surface area contributed by atoms with Crippen molar-refractivity contribution in [3.63, 3.8) is 0 Å². The summed E-state index contributed by atoms with van der Waals surface area (Å²) in [5, 5.41) is 10.0. The van der Waals surface area contributed by atoms with Gasteiger partial charge in [0.2, 0.25) is 11.8 Å². The van der Waals surface area contributed by atoms with E-state index in [9.17, 15) is 9.59 Å². The maximum Gasteiger partial charge on any atom is 0.245 e. The van der Waals surface area contributed by atoms with E-state index in [1.54, 1.807) is 4.90 Å². The van der Waals surface area contributed by atoms with Crippen molar-refractivity contribution < 1.29 is 9.59 Å². The Balaban J connectivity index is 1.60. The molecule has 0 spiro atoms. The number of H-pyrrole nitrogens is 1. The molecule has 0 aliphatic carbocycles. The van der Waals surface area contributed by atoms with Crippen LogP contribution in [0.25, 0.3) is 11.3 Å². The van der Waals surface area contributed by atoms with E-state index < -0.39 is 0 Å². The summed E-state index contributed by atoms with van der Waals surface area (Å²) in [6.07, 6.45) is 2.62. The van der Waals surface area contributed by atoms with E-state index >= 15 is 0 Å². The van der Waals surface area contributed by atoms with Crippen LogP contribution in [0.1, 0.15) is 18.4 Å². The number of benzene rings is 1. The van der Waals surface area contributed by atoms with Crippen molar-refractivity contribution in [3.8, 4) is 11.3 Å². The van der Waals surface area contributed by atoms with Gasteiger partial charge in [-0.3, -0.25) is 14.7 Å². The normalized spacial score (nSPS) is 15.0. The molecule has 0 atom stereocenters. The average Bonchev–Trinajstić information content (AvgIpc) is 3.09. The molecule has 130 valence electrons. The van der Waals surface area contributed by atoms with Crippen LogP contribution in [-0.2, 0) is 9.59 Å². The number of anilines is 1. The first-order valence-corrected chi connectivity index (χ1v) is 8.42. The highest BCUT2D eigenvalue weighted by Crippen LogP contribution is 2.24. The van der Waals surface area contributed by atoms with Crippen molar-refractivity contribution in [3.05, 3.63) is 48.6 Å². The van der Waals surface area contributed by atoms with Crippen LogP contribution in [0.5, 0.6) is 0 Å². The van der Waals surface area contributed by atoms with Crippen LogP contribution in [0, 0.1) is 12.8 Å². The number of amides is 2. The third-order valence-electron chi connectivity index (χ3n) is 4.62. The summed E-state index contributed by atoms with van der Waals surface area (Å²) in [4.78, 5) is 25.8. The number of aryl methyl sites for hydroxylation is 1. The van der Waals surface area contributed by atoms with Crippen LogP contribution >= 0.6 is 0 Å². The van der Waals surface area contributed by atoms with Crippen LogP contribution in [0.2, 0.25) is 0 Å². The van der Waals surface area contributed by atoms with Crippen molar-refractivity contribution in [1.29, 1.82) is 0 Å². The highest BCUT2D eigenvalue weighted by Gasteiger charge is 2.26. The molecule has 25 heavy (non-hydrogen) atoms. The van der Waals surface area contributed by atoms with Gasteiger partial charge in [0, 0.05) is 30.6 Å². The number of nitrogens with one attached hydrogen (secondary N) is 2. The van der Waals surface area contributed by atoms with Gasteiger partial charge < -0.3 is 10.2 Å². The van der Waals surface area contributed by atoms with Gasteiger partial charge >= 0.3 is 0 Å². The Morgan fingerprint density at radius 3 is 2.72 bits per heavy atom. The van der Waals surface area contributed by atoms with E-state index in [-0.39, 0.29) is 17.7 Å². The number of aromatic amines is 1. The Labute approximate surface area is 146 Å². The number of likely N-dealkylation sites (tertiary alicyclic amines) is 1. The Hall–Kier alpha value is -2.89. The molecule has 6 nitrogen and oxygen atoms in total. The van der Waals surface area contributed by atoms with Gasteiger partial charge in [0.05, 0.1) is 5.69 Å². The zero-order valence-electron chi connectivity index (χ0n) is 14.3. The molecule has 0 saturated carbocycles. The molecule has 0 unspecified atom stereocenters. The Morgan fingerprint density at radius 1 is 1.32 bits per heavy atom. The lowest BCUT2D eigenvalue weighted by atomic mass is 9.96. The third kappa shape index (κ3) is 3.79. The summed E-state index contributed by atoms with van der Waals surface area (Å²) < 4.78 is 0. The fourth-order valence-corrected chi connectivity index (χ4v) is 3.12. The van der Waals surface area contributed by atoms with Gasteiger partial charge in [0.15, 0.2) is 5.82 Å². The van der Waals surface area contributed by atoms with E-state index in [1.807, 2.05) is 37.3 Å². The molecule has 2 N–H and O–H groups in total. The number of nitrogens with zero attached hydrogens (tertiary/aromatic N) is 2. The first-order valence-electron chi connectivity index (χ1n) is 8.42. The molecule has 0 bridgehead atoms. The van der Waals surface area contributed by atoms with E-state index in [2.05, 4.69) is 22.1 Å². The molecule has 1 aromatic heterocycles. The lowest BCUT2D eigenvalue weighted by molar-refractivity contribution is -0.130. The van der Waals surface area contributed by atoms with Crippen LogP contribution in [0.3, 0.4) is 0 Å². The zero-order valence-corrected chi connectivity index (χ0v) is 14.3. The quantitative estimate of drug-likeness (QED) is 0.842. The van der Waals surface area contributed by atoms with Gasteiger partial charge in [0.25, 0.3) is 0 Å². The van der Waals surface area contributed by atoms with Gasteiger partial charge in [-0.05, 0) is 31.4 Å². The monoisotopic (exact) mass is 338 g/mol. The van der Waals surface area contributed by atoms with Crippen molar-refractivity contribution in [1.82, 2.24) is 15.1 Å². The van der Waals surface area contributed by atoms with E-state index in [4.69, 9.17) is 0 Å². The lowest BCUT2D eigenvalue weighted by Crippen LogP contribution is -2.40. The molecular weight excluding hydrogens is 316 g/mol. The molecule has 1 aromatic carbocycles. The van der Waals surface area contributed by atoms with Gasteiger partial charge in [-0.25, -0.2) is 0 Å². The van der Waals surface area contributed by atoms with Crippen LogP contribution in [-0.4, -0.2) is 40.0 Å². The molecule has 1 fully saturated rings. The smallest absolute Gasteiger partial charge is 0.245 e. The number of rotatable bonds is 4. The largest absolute Gasteiger partial charge is 0.339 e. The van der Waals surface area contributed by atoms with Gasteiger partial charge in [0.1, 0.15) is 0 Å². The second-order valence-corrected chi connectivity index (χ2v) is 6.27. The second-order valence-electron chi connectivity index (χ2n) is 6.27. The Morgan fingerprint density at radius 2 is 2.04 bits per heavy atom. The minimum atomic E-state index is -0.104. The van der Waals surface area contributed by atoms with E-state index in [0.29, 0.717) is 31.7 Å². The minimum absolute atomic E-state index is 0.0477. The standard InChI is InChI=1S/C19H22N4O2/c1-3-18(24)23-10-8-14(9-11-23)19(25)20-17-12-16(21-22-17)15-7-5-4-6-13(15)2/h3-7,12,14H,1,8-11H2,2H3,(H2,20,21,22,25). The number of carbonyl (C=O) groups is 2. The molecule has 2 aromatic rings. The SMILES string of the molecule is C=CC(=O)N1CCC(C(=O)Nc2cc(-c3ccccc3C)[nH]n2)CC1.